The van der Waals surface area contributed by atoms with Gasteiger partial charge in [-0.2, -0.15) is 0 Å². The van der Waals surface area contributed by atoms with Gasteiger partial charge in [0.25, 0.3) is 0 Å². The van der Waals surface area contributed by atoms with E-state index in [1.165, 1.54) is 0 Å². The van der Waals surface area contributed by atoms with Crippen LogP contribution in [-0.4, -0.2) is 42.7 Å². The molecular weight excluding hydrogens is 322 g/mol. The molecule has 0 aromatic carbocycles. The maximum atomic E-state index is 12.3. The quantitative estimate of drug-likeness (QED) is 0.911. The van der Waals surface area contributed by atoms with E-state index in [-0.39, 0.29) is 18.0 Å². The van der Waals surface area contributed by atoms with Gasteiger partial charge < -0.3 is 15.0 Å². The lowest BCUT2D eigenvalue weighted by atomic mass is 10.1. The molecule has 0 aliphatic carbocycles. The van der Waals surface area contributed by atoms with Gasteiger partial charge in [0.2, 0.25) is 5.91 Å². The van der Waals surface area contributed by atoms with Gasteiger partial charge in [0.05, 0.1) is 13.2 Å². The third-order valence-corrected chi connectivity index (χ3v) is 3.59. The first-order valence-corrected chi connectivity index (χ1v) is 7.55. The normalized spacial score (nSPS) is 19.2. The summed E-state index contributed by atoms with van der Waals surface area (Å²) in [5.41, 5.74) is 1.05. The van der Waals surface area contributed by atoms with Crippen molar-refractivity contribution in [2.75, 3.05) is 24.7 Å². The number of aromatic nitrogens is 1. The molecule has 1 fully saturated rings. The van der Waals surface area contributed by atoms with E-state index >= 15 is 0 Å². The van der Waals surface area contributed by atoms with Crippen molar-refractivity contribution < 1.29 is 9.53 Å². The van der Waals surface area contributed by atoms with Gasteiger partial charge in [0, 0.05) is 23.3 Å². The first-order chi connectivity index (χ1) is 9.49. The zero-order valence-corrected chi connectivity index (χ0v) is 13.6. The van der Waals surface area contributed by atoms with E-state index in [1.54, 1.807) is 6.20 Å². The van der Waals surface area contributed by atoms with Crippen molar-refractivity contribution in [3.63, 3.8) is 0 Å². The summed E-state index contributed by atoms with van der Waals surface area (Å²) in [5, 5.41) is 2.95. The van der Waals surface area contributed by atoms with E-state index < -0.39 is 0 Å². The van der Waals surface area contributed by atoms with Crippen molar-refractivity contribution in [2.45, 2.75) is 32.9 Å². The molecule has 1 aromatic rings. The smallest absolute Gasteiger partial charge is 0.245 e. The number of ether oxygens (including phenoxy) is 1. The number of carbonyl (C=O) groups excluding carboxylic acids is 1. The van der Waals surface area contributed by atoms with E-state index in [1.807, 2.05) is 31.7 Å². The second kappa shape index (κ2) is 6.54. The Bertz CT molecular complexity index is 493. The number of hydrogen-bond acceptors (Lipinski definition) is 4. The van der Waals surface area contributed by atoms with Crippen molar-refractivity contribution in [1.82, 2.24) is 10.3 Å². The Balaban J connectivity index is 2.24. The first kappa shape index (κ1) is 15.3. The first-order valence-electron chi connectivity index (χ1n) is 6.76. The monoisotopic (exact) mass is 341 g/mol. The fourth-order valence-electron chi connectivity index (χ4n) is 2.29. The van der Waals surface area contributed by atoms with Crippen LogP contribution < -0.4 is 10.2 Å². The highest BCUT2D eigenvalue weighted by Crippen LogP contribution is 2.24. The summed E-state index contributed by atoms with van der Waals surface area (Å²) < 4.78 is 6.40. The largest absolute Gasteiger partial charge is 0.377 e. The molecule has 1 aromatic heterocycles. The number of pyridine rings is 1. The maximum absolute atomic E-state index is 12.3. The number of anilines is 1. The number of carbonyl (C=O) groups is 1. The van der Waals surface area contributed by atoms with Crippen LogP contribution in [0, 0.1) is 6.92 Å². The number of halogens is 1. The Morgan fingerprint density at radius 2 is 2.35 bits per heavy atom. The molecule has 1 unspecified atom stereocenters. The van der Waals surface area contributed by atoms with Crippen LogP contribution in [0.4, 0.5) is 5.82 Å². The molecule has 1 amide bonds. The van der Waals surface area contributed by atoms with Crippen LogP contribution in [0.3, 0.4) is 0 Å². The average Bonchev–Trinajstić information content (AvgIpc) is 2.38. The minimum Gasteiger partial charge on any atom is -0.377 e. The summed E-state index contributed by atoms with van der Waals surface area (Å²) in [4.78, 5) is 18.8. The summed E-state index contributed by atoms with van der Waals surface area (Å²) in [6.45, 7) is 7.59. The van der Waals surface area contributed by atoms with Gasteiger partial charge in [0.15, 0.2) is 0 Å². The van der Waals surface area contributed by atoms with Crippen LogP contribution >= 0.6 is 15.9 Å². The second-order valence-electron chi connectivity index (χ2n) is 5.24. The minimum atomic E-state index is -0.321. The van der Waals surface area contributed by atoms with Crippen molar-refractivity contribution in [1.29, 1.82) is 0 Å². The third kappa shape index (κ3) is 3.49. The molecule has 110 valence electrons. The van der Waals surface area contributed by atoms with Crippen LogP contribution in [0.1, 0.15) is 19.4 Å². The number of morpholine rings is 1. The third-order valence-electron chi connectivity index (χ3n) is 3.15. The summed E-state index contributed by atoms with van der Waals surface area (Å²) in [5.74, 6) is 0.837. The SMILES string of the molecule is Cc1cc(Br)cnc1N1CCOCC1C(=O)NC(C)C. The lowest BCUT2D eigenvalue weighted by Gasteiger charge is -2.36. The fraction of sp³-hybridized carbons (Fsp3) is 0.571. The lowest BCUT2D eigenvalue weighted by molar-refractivity contribution is -0.125. The van der Waals surface area contributed by atoms with E-state index in [0.29, 0.717) is 19.8 Å². The van der Waals surface area contributed by atoms with Crippen LogP contribution in [0.15, 0.2) is 16.7 Å². The predicted molar refractivity (Wildman–Crippen MR) is 81.9 cm³/mol. The molecular formula is C14H20BrN3O2. The summed E-state index contributed by atoms with van der Waals surface area (Å²) in [6.07, 6.45) is 1.76. The number of nitrogens with zero attached hydrogens (tertiary/aromatic N) is 2. The summed E-state index contributed by atoms with van der Waals surface area (Å²) in [7, 11) is 0. The Morgan fingerprint density at radius 1 is 1.60 bits per heavy atom. The van der Waals surface area contributed by atoms with Gasteiger partial charge in [-0.25, -0.2) is 4.98 Å². The standard InChI is InChI=1S/C14H20BrN3O2/c1-9(2)17-14(19)12-8-20-5-4-18(12)13-10(3)6-11(15)7-16-13/h6-7,9,12H,4-5,8H2,1-3H3,(H,17,19). The Kier molecular flexibility index (Phi) is 4.99. The molecule has 6 heteroatoms. The van der Waals surface area contributed by atoms with E-state index in [0.717, 1.165) is 15.9 Å². The van der Waals surface area contributed by atoms with Gasteiger partial charge in [0.1, 0.15) is 11.9 Å². The zero-order valence-electron chi connectivity index (χ0n) is 12.0. The van der Waals surface area contributed by atoms with Crippen LogP contribution in [0.5, 0.6) is 0 Å². The van der Waals surface area contributed by atoms with E-state index in [4.69, 9.17) is 4.74 Å². The highest BCUT2D eigenvalue weighted by Gasteiger charge is 2.31. The van der Waals surface area contributed by atoms with E-state index in [2.05, 4.69) is 26.2 Å². The zero-order chi connectivity index (χ0) is 14.7. The van der Waals surface area contributed by atoms with E-state index in [9.17, 15) is 4.79 Å². The molecule has 2 heterocycles. The average molecular weight is 342 g/mol. The Morgan fingerprint density at radius 3 is 3.00 bits per heavy atom. The molecule has 0 spiro atoms. The number of nitrogens with one attached hydrogen (secondary N) is 1. The molecule has 2 rings (SSSR count). The number of hydrogen-bond donors (Lipinski definition) is 1. The van der Waals surface area contributed by atoms with Crippen LogP contribution in [0.25, 0.3) is 0 Å². The van der Waals surface area contributed by atoms with Gasteiger partial charge in [-0.15, -0.1) is 0 Å². The van der Waals surface area contributed by atoms with Crippen molar-refractivity contribution in [3.05, 3.63) is 22.3 Å². The molecule has 1 aliphatic rings. The number of aryl methyl sites for hydroxylation is 1. The molecule has 1 aliphatic heterocycles. The van der Waals surface area contributed by atoms with Gasteiger partial charge in [-0.3, -0.25) is 4.79 Å². The summed E-state index contributed by atoms with van der Waals surface area (Å²) in [6, 6.07) is 1.80. The topological polar surface area (TPSA) is 54.5 Å². The second-order valence-corrected chi connectivity index (χ2v) is 6.16. The molecule has 1 N–H and O–H groups in total. The van der Waals surface area contributed by atoms with Crippen molar-refractivity contribution in [2.24, 2.45) is 0 Å². The molecule has 0 radical (unpaired) electrons. The van der Waals surface area contributed by atoms with Crippen molar-refractivity contribution in [3.8, 4) is 0 Å². The molecule has 1 saturated heterocycles. The molecule has 0 saturated carbocycles. The minimum absolute atomic E-state index is 0.0104. The summed E-state index contributed by atoms with van der Waals surface area (Å²) >= 11 is 3.41. The predicted octanol–water partition coefficient (Wildman–Crippen LogP) is 1.88. The van der Waals surface area contributed by atoms with Crippen molar-refractivity contribution >= 4 is 27.7 Å². The number of rotatable bonds is 3. The number of amides is 1. The maximum Gasteiger partial charge on any atom is 0.245 e. The van der Waals surface area contributed by atoms with Gasteiger partial charge in [-0.05, 0) is 48.3 Å². The van der Waals surface area contributed by atoms with Gasteiger partial charge in [-0.1, -0.05) is 0 Å². The highest BCUT2D eigenvalue weighted by atomic mass is 79.9. The highest BCUT2D eigenvalue weighted by molar-refractivity contribution is 9.10. The molecule has 1 atom stereocenters. The van der Waals surface area contributed by atoms with Crippen LogP contribution in [-0.2, 0) is 9.53 Å². The van der Waals surface area contributed by atoms with Gasteiger partial charge >= 0.3 is 0 Å². The molecule has 20 heavy (non-hydrogen) atoms. The Hall–Kier alpha value is -1.14. The molecule has 0 bridgehead atoms. The van der Waals surface area contributed by atoms with Crippen LogP contribution in [0.2, 0.25) is 0 Å². The lowest BCUT2D eigenvalue weighted by Crippen LogP contribution is -2.55. The molecule has 5 nitrogen and oxygen atoms in total. The fourth-order valence-corrected chi connectivity index (χ4v) is 2.73. The Labute approximate surface area is 127 Å².